The maximum atomic E-state index is 12.5. The van der Waals surface area contributed by atoms with Crippen molar-refractivity contribution in [3.8, 4) is 0 Å². The van der Waals surface area contributed by atoms with E-state index in [9.17, 15) is 9.59 Å². The van der Waals surface area contributed by atoms with Crippen molar-refractivity contribution in [3.63, 3.8) is 0 Å². The number of rotatable bonds is 4. The second kappa shape index (κ2) is 7.51. The number of aromatic nitrogens is 4. The Hall–Kier alpha value is -2.17. The van der Waals surface area contributed by atoms with Gasteiger partial charge in [-0.15, -0.1) is 11.3 Å². The van der Waals surface area contributed by atoms with E-state index in [-0.39, 0.29) is 28.1 Å². The molecule has 3 aromatic heterocycles. The molecule has 10 heteroatoms. The van der Waals surface area contributed by atoms with Gasteiger partial charge in [-0.3, -0.25) is 19.9 Å². The van der Waals surface area contributed by atoms with Gasteiger partial charge < -0.3 is 4.43 Å². The summed E-state index contributed by atoms with van der Waals surface area (Å²) in [6.07, 6.45) is 0. The number of carbonyl (C=O) groups is 1. The van der Waals surface area contributed by atoms with Crippen molar-refractivity contribution in [3.05, 3.63) is 21.3 Å². The monoisotopic (exact) mass is 447 g/mol. The average Bonchev–Trinajstić information content (AvgIpc) is 2.98. The summed E-state index contributed by atoms with van der Waals surface area (Å²) in [5.41, 5.74) is -0.0697. The lowest BCUT2D eigenvalue weighted by molar-refractivity contribution is -0.123. The Labute approximate surface area is 180 Å². The van der Waals surface area contributed by atoms with Gasteiger partial charge in [0.1, 0.15) is 10.3 Å². The predicted molar refractivity (Wildman–Crippen MR) is 123 cm³/mol. The lowest BCUT2D eigenvalue weighted by Crippen LogP contribution is -2.40. The number of nitrogens with one attached hydrogen (secondary N) is 2. The largest absolute Gasteiger partial charge is 0.412 e. The molecule has 0 aromatic carbocycles. The number of hydrogen-bond acceptors (Lipinski definition) is 7. The molecule has 0 bridgehead atoms. The lowest BCUT2D eigenvalue weighted by atomic mass is 9.96. The molecule has 0 spiro atoms. The third kappa shape index (κ3) is 4.60. The Bertz CT molecular complexity index is 1170. The molecule has 2 N–H and O–H groups in total. The van der Waals surface area contributed by atoms with E-state index in [1.165, 1.54) is 11.3 Å². The van der Waals surface area contributed by atoms with Gasteiger partial charge in [0.05, 0.1) is 6.61 Å². The molecule has 3 heterocycles. The van der Waals surface area contributed by atoms with E-state index >= 15 is 0 Å². The van der Waals surface area contributed by atoms with Crippen LogP contribution in [0.4, 0.5) is 5.95 Å². The molecule has 0 fully saturated rings. The van der Waals surface area contributed by atoms with Crippen LogP contribution in [0.15, 0.2) is 10.9 Å². The first-order valence-electron chi connectivity index (χ1n) is 9.83. The fourth-order valence-electron chi connectivity index (χ4n) is 2.32. The number of amides is 1. The summed E-state index contributed by atoms with van der Waals surface area (Å²) in [7, 11) is -1.87. The minimum Gasteiger partial charge on any atom is -0.412 e. The molecule has 0 aliphatic heterocycles. The van der Waals surface area contributed by atoms with Crippen LogP contribution in [0.5, 0.6) is 0 Å². The Morgan fingerprint density at radius 1 is 1.17 bits per heavy atom. The van der Waals surface area contributed by atoms with Gasteiger partial charge in [0.15, 0.2) is 19.5 Å². The highest BCUT2D eigenvalue weighted by atomic mass is 32.1. The summed E-state index contributed by atoms with van der Waals surface area (Å²) in [6, 6.07) is 1.91. The van der Waals surface area contributed by atoms with Gasteiger partial charge in [-0.25, -0.2) is 9.97 Å². The van der Waals surface area contributed by atoms with Crippen LogP contribution in [0, 0.1) is 5.41 Å². The van der Waals surface area contributed by atoms with Gasteiger partial charge in [0, 0.05) is 10.3 Å². The zero-order valence-electron chi connectivity index (χ0n) is 18.8. The first-order chi connectivity index (χ1) is 13.7. The Balaban J connectivity index is 1.93. The van der Waals surface area contributed by atoms with E-state index in [1.54, 1.807) is 20.8 Å². The summed E-state index contributed by atoms with van der Waals surface area (Å²) in [5, 5.41) is 2.76. The van der Waals surface area contributed by atoms with E-state index in [2.05, 4.69) is 59.1 Å². The van der Waals surface area contributed by atoms with E-state index in [0.29, 0.717) is 17.0 Å². The van der Waals surface area contributed by atoms with Gasteiger partial charge >= 0.3 is 0 Å². The smallest absolute Gasteiger partial charge is 0.280 e. The highest BCUT2D eigenvalue weighted by molar-refractivity contribution is 7.18. The fourth-order valence-corrected chi connectivity index (χ4v) is 4.26. The SMILES string of the molecule is CC(C)(C)C(=O)Nc1nc2nc3sc(CO[Si](C)(C)C(C)(C)C)cc3nc2c(=O)[nH]1. The molecule has 1 amide bonds. The van der Waals surface area contributed by atoms with Crippen LogP contribution in [0.2, 0.25) is 18.1 Å². The quantitative estimate of drug-likeness (QED) is 0.572. The number of nitrogens with zero attached hydrogens (tertiary/aromatic N) is 3. The van der Waals surface area contributed by atoms with Gasteiger partial charge in [-0.05, 0) is 24.2 Å². The molecule has 0 radical (unpaired) electrons. The van der Waals surface area contributed by atoms with Crippen LogP contribution >= 0.6 is 11.3 Å². The topological polar surface area (TPSA) is 110 Å². The molecule has 3 aromatic rings. The molecule has 0 unspecified atom stereocenters. The average molecular weight is 448 g/mol. The Kier molecular flexibility index (Phi) is 5.63. The van der Waals surface area contributed by atoms with E-state index in [1.807, 2.05) is 6.07 Å². The van der Waals surface area contributed by atoms with Crippen LogP contribution in [-0.4, -0.2) is 34.2 Å². The molecule has 30 heavy (non-hydrogen) atoms. The van der Waals surface area contributed by atoms with Crippen LogP contribution in [0.25, 0.3) is 21.5 Å². The summed E-state index contributed by atoms with van der Waals surface area (Å²) in [4.78, 5) is 42.2. The molecule has 162 valence electrons. The minimum atomic E-state index is -1.87. The van der Waals surface area contributed by atoms with Gasteiger partial charge in [-0.2, -0.15) is 4.98 Å². The van der Waals surface area contributed by atoms with E-state index in [0.717, 1.165) is 4.88 Å². The highest BCUT2D eigenvalue weighted by Gasteiger charge is 2.37. The number of hydrogen-bond donors (Lipinski definition) is 2. The summed E-state index contributed by atoms with van der Waals surface area (Å²) in [6.45, 7) is 16.9. The van der Waals surface area contributed by atoms with Crippen molar-refractivity contribution >= 4 is 53.0 Å². The van der Waals surface area contributed by atoms with Crippen molar-refractivity contribution < 1.29 is 9.22 Å². The third-order valence-corrected chi connectivity index (χ3v) is 10.8. The molecule has 8 nitrogen and oxygen atoms in total. The second-order valence-electron chi connectivity index (χ2n) is 9.97. The number of carbonyl (C=O) groups excluding carboxylic acids is 1. The Morgan fingerprint density at radius 3 is 2.43 bits per heavy atom. The molecule has 0 aliphatic carbocycles. The number of thiophene rings is 1. The molecule has 0 atom stereocenters. The Morgan fingerprint density at radius 2 is 1.83 bits per heavy atom. The lowest BCUT2D eigenvalue weighted by Gasteiger charge is -2.35. The zero-order valence-corrected chi connectivity index (χ0v) is 20.6. The maximum absolute atomic E-state index is 12.5. The normalized spacial score (nSPS) is 13.2. The van der Waals surface area contributed by atoms with Gasteiger partial charge in [0.2, 0.25) is 11.9 Å². The van der Waals surface area contributed by atoms with Gasteiger partial charge in [-0.1, -0.05) is 41.5 Å². The summed E-state index contributed by atoms with van der Waals surface area (Å²) in [5.74, 6) is -0.181. The molecular weight excluding hydrogens is 418 g/mol. The maximum Gasteiger partial charge on any atom is 0.280 e. The summed E-state index contributed by atoms with van der Waals surface area (Å²) < 4.78 is 6.29. The summed E-state index contributed by atoms with van der Waals surface area (Å²) >= 11 is 1.48. The van der Waals surface area contributed by atoms with Crippen LogP contribution in [0.1, 0.15) is 46.4 Å². The van der Waals surface area contributed by atoms with Crippen molar-refractivity contribution in [2.24, 2.45) is 5.41 Å². The number of H-pyrrole nitrogens is 1. The first kappa shape index (κ1) is 22.5. The number of anilines is 1. The standard InChI is InChI=1S/C20H29N5O3SSi/c1-19(2,3)17(27)25-18-23-14-13(15(26)24-18)21-12-9-11(29-16(12)22-14)10-28-30(7,8)20(4,5)6/h9H,10H2,1-8H3,(H2,22,23,24,25,26,27). The van der Waals surface area contributed by atoms with E-state index in [4.69, 9.17) is 4.43 Å². The van der Waals surface area contributed by atoms with Crippen molar-refractivity contribution in [2.45, 2.75) is 66.3 Å². The molecule has 0 saturated carbocycles. The fraction of sp³-hybridized carbons (Fsp3) is 0.550. The molecule has 3 rings (SSSR count). The van der Waals surface area contributed by atoms with Gasteiger partial charge in [0.25, 0.3) is 5.56 Å². The van der Waals surface area contributed by atoms with Crippen LogP contribution in [-0.2, 0) is 15.8 Å². The third-order valence-electron chi connectivity index (χ3n) is 5.36. The van der Waals surface area contributed by atoms with Crippen molar-refractivity contribution in [2.75, 3.05) is 5.32 Å². The van der Waals surface area contributed by atoms with Crippen molar-refractivity contribution in [1.29, 1.82) is 0 Å². The van der Waals surface area contributed by atoms with Crippen LogP contribution < -0.4 is 10.9 Å². The van der Waals surface area contributed by atoms with Crippen LogP contribution in [0.3, 0.4) is 0 Å². The second-order valence-corrected chi connectivity index (χ2v) is 15.9. The zero-order chi connectivity index (χ0) is 22.5. The van der Waals surface area contributed by atoms with Crippen molar-refractivity contribution in [1.82, 2.24) is 19.9 Å². The predicted octanol–water partition coefficient (Wildman–Crippen LogP) is 4.43. The van der Waals surface area contributed by atoms with E-state index < -0.39 is 19.3 Å². The highest BCUT2D eigenvalue weighted by Crippen LogP contribution is 2.37. The molecule has 0 aliphatic rings. The number of aromatic amines is 1. The number of fused-ring (bicyclic) bond motifs is 2. The first-order valence-corrected chi connectivity index (χ1v) is 13.6. The minimum absolute atomic E-state index is 0.0686. The molecule has 0 saturated heterocycles. The molecular formula is C20H29N5O3SSi.